The zero-order chi connectivity index (χ0) is 15.4. The van der Waals surface area contributed by atoms with Crippen LogP contribution < -0.4 is 10.1 Å². The number of pyridine rings is 1. The van der Waals surface area contributed by atoms with Crippen molar-refractivity contribution in [3.63, 3.8) is 0 Å². The minimum Gasteiger partial charge on any atom is -0.496 e. The van der Waals surface area contributed by atoms with Crippen molar-refractivity contribution < 1.29 is 19.4 Å². The van der Waals surface area contributed by atoms with Crippen LogP contribution in [0.3, 0.4) is 0 Å². The van der Waals surface area contributed by atoms with Gasteiger partial charge in [-0.15, -0.1) is 0 Å². The predicted octanol–water partition coefficient (Wildman–Crippen LogP) is 2.69. The molecule has 1 amide bonds. The molecule has 1 heterocycles. The van der Waals surface area contributed by atoms with Gasteiger partial charge in [-0.2, -0.15) is 0 Å². The van der Waals surface area contributed by atoms with Crippen molar-refractivity contribution in [3.8, 4) is 5.75 Å². The topological polar surface area (TPSA) is 88.5 Å². The van der Waals surface area contributed by atoms with Gasteiger partial charge in [0.2, 0.25) is 0 Å². The molecule has 2 rings (SSSR count). The maximum absolute atomic E-state index is 12.3. The van der Waals surface area contributed by atoms with Gasteiger partial charge in [-0.05, 0) is 30.3 Å². The Morgan fingerprint density at radius 1 is 1.33 bits per heavy atom. The predicted molar refractivity (Wildman–Crippen MR) is 77.2 cm³/mol. The third-order valence-electron chi connectivity index (χ3n) is 2.66. The number of ether oxygens (including phenoxy) is 1. The van der Waals surface area contributed by atoms with Crippen LogP contribution in [0.2, 0.25) is 5.02 Å². The SMILES string of the molecule is COc1ccc(Cl)cc1C(=O)Nc1cccnc1C(=O)O. The van der Waals surface area contributed by atoms with Crippen molar-refractivity contribution in [3.05, 3.63) is 52.8 Å². The third kappa shape index (κ3) is 3.29. The summed E-state index contributed by atoms with van der Waals surface area (Å²) < 4.78 is 5.09. The first kappa shape index (κ1) is 14.8. The standard InChI is InChI=1S/C14H11ClN2O4/c1-21-11-5-4-8(15)7-9(11)13(18)17-10-3-2-6-16-12(10)14(19)20/h2-7H,1H3,(H,17,18)(H,19,20). The summed E-state index contributed by atoms with van der Waals surface area (Å²) in [5.41, 5.74) is 0.0501. The Balaban J connectivity index is 2.35. The van der Waals surface area contributed by atoms with E-state index < -0.39 is 11.9 Å². The van der Waals surface area contributed by atoms with Gasteiger partial charge in [0, 0.05) is 11.2 Å². The highest BCUT2D eigenvalue weighted by Crippen LogP contribution is 2.24. The van der Waals surface area contributed by atoms with Crippen LogP contribution in [0.1, 0.15) is 20.8 Å². The second kappa shape index (κ2) is 6.23. The van der Waals surface area contributed by atoms with E-state index in [1.165, 1.54) is 31.5 Å². The van der Waals surface area contributed by atoms with E-state index in [9.17, 15) is 9.59 Å². The Morgan fingerprint density at radius 3 is 2.76 bits per heavy atom. The number of carboxylic acid groups (broad SMARTS) is 1. The number of anilines is 1. The minimum absolute atomic E-state index is 0.0945. The number of halogens is 1. The summed E-state index contributed by atoms with van der Waals surface area (Å²) >= 11 is 5.86. The van der Waals surface area contributed by atoms with Crippen molar-refractivity contribution in [2.75, 3.05) is 12.4 Å². The van der Waals surface area contributed by atoms with E-state index in [4.69, 9.17) is 21.4 Å². The highest BCUT2D eigenvalue weighted by Gasteiger charge is 2.17. The van der Waals surface area contributed by atoms with Crippen molar-refractivity contribution in [2.24, 2.45) is 0 Å². The molecule has 0 aliphatic rings. The van der Waals surface area contributed by atoms with Crippen molar-refractivity contribution in [2.45, 2.75) is 0 Å². The molecule has 0 fully saturated rings. The molecule has 0 spiro atoms. The van der Waals surface area contributed by atoms with Gasteiger partial charge in [0.25, 0.3) is 5.91 Å². The van der Waals surface area contributed by atoms with Crippen molar-refractivity contribution >= 4 is 29.2 Å². The van der Waals surface area contributed by atoms with E-state index in [1.54, 1.807) is 12.1 Å². The number of carbonyl (C=O) groups is 2. The smallest absolute Gasteiger partial charge is 0.356 e. The van der Waals surface area contributed by atoms with Gasteiger partial charge in [0.1, 0.15) is 5.75 Å². The normalized spacial score (nSPS) is 10.0. The largest absolute Gasteiger partial charge is 0.496 e. The minimum atomic E-state index is -1.23. The molecule has 0 saturated heterocycles. The lowest BCUT2D eigenvalue weighted by atomic mass is 10.1. The summed E-state index contributed by atoms with van der Waals surface area (Å²) in [6, 6.07) is 7.55. The van der Waals surface area contributed by atoms with Gasteiger partial charge in [-0.3, -0.25) is 4.79 Å². The van der Waals surface area contributed by atoms with E-state index in [-0.39, 0.29) is 16.9 Å². The number of nitrogens with one attached hydrogen (secondary N) is 1. The number of hydrogen-bond donors (Lipinski definition) is 2. The Morgan fingerprint density at radius 2 is 2.10 bits per heavy atom. The van der Waals surface area contributed by atoms with Gasteiger partial charge in [-0.1, -0.05) is 11.6 Å². The molecule has 0 aliphatic heterocycles. The van der Waals surface area contributed by atoms with Gasteiger partial charge < -0.3 is 15.2 Å². The molecule has 21 heavy (non-hydrogen) atoms. The molecule has 7 heteroatoms. The van der Waals surface area contributed by atoms with E-state index in [0.717, 1.165) is 0 Å². The number of aromatic carboxylic acids is 1. The van der Waals surface area contributed by atoms with Crippen LogP contribution >= 0.6 is 11.6 Å². The highest BCUT2D eigenvalue weighted by molar-refractivity contribution is 6.31. The molecule has 0 radical (unpaired) electrons. The molecule has 0 aliphatic carbocycles. The number of amides is 1. The fourth-order valence-corrected chi connectivity index (χ4v) is 1.90. The number of carboxylic acids is 1. The monoisotopic (exact) mass is 306 g/mol. The number of hydrogen-bond acceptors (Lipinski definition) is 4. The zero-order valence-corrected chi connectivity index (χ0v) is 11.7. The third-order valence-corrected chi connectivity index (χ3v) is 2.90. The average Bonchev–Trinajstić information content (AvgIpc) is 2.47. The molecule has 6 nitrogen and oxygen atoms in total. The Bertz CT molecular complexity index is 703. The number of nitrogens with zero attached hydrogens (tertiary/aromatic N) is 1. The van der Waals surface area contributed by atoms with E-state index >= 15 is 0 Å². The molecule has 0 bridgehead atoms. The van der Waals surface area contributed by atoms with Crippen LogP contribution in [0.25, 0.3) is 0 Å². The van der Waals surface area contributed by atoms with E-state index in [1.807, 2.05) is 0 Å². The lowest BCUT2D eigenvalue weighted by Crippen LogP contribution is -2.16. The molecular formula is C14H11ClN2O4. The van der Waals surface area contributed by atoms with Gasteiger partial charge >= 0.3 is 5.97 Å². The summed E-state index contributed by atoms with van der Waals surface area (Å²) in [6.07, 6.45) is 1.33. The van der Waals surface area contributed by atoms with Gasteiger partial charge in [0.15, 0.2) is 5.69 Å². The molecule has 1 aromatic heterocycles. The fraction of sp³-hybridized carbons (Fsp3) is 0.0714. The molecule has 108 valence electrons. The molecule has 0 unspecified atom stereocenters. The van der Waals surface area contributed by atoms with E-state index in [2.05, 4.69) is 10.3 Å². The number of aromatic nitrogens is 1. The summed E-state index contributed by atoms with van der Waals surface area (Å²) in [6.45, 7) is 0. The summed E-state index contributed by atoms with van der Waals surface area (Å²) in [5.74, 6) is -1.44. The highest BCUT2D eigenvalue weighted by atomic mass is 35.5. The molecule has 2 aromatic rings. The van der Waals surface area contributed by atoms with Crippen LogP contribution in [0.4, 0.5) is 5.69 Å². The van der Waals surface area contributed by atoms with E-state index in [0.29, 0.717) is 10.8 Å². The number of methoxy groups -OCH3 is 1. The molecule has 0 saturated carbocycles. The summed E-state index contributed by atoms with van der Waals surface area (Å²) in [5, 5.41) is 11.9. The second-order valence-electron chi connectivity index (χ2n) is 4.00. The van der Waals surface area contributed by atoms with Gasteiger partial charge in [0.05, 0.1) is 18.4 Å². The van der Waals surface area contributed by atoms with Crippen molar-refractivity contribution in [1.29, 1.82) is 0 Å². The summed E-state index contributed by atoms with van der Waals surface area (Å²) in [7, 11) is 1.42. The number of rotatable bonds is 4. The van der Waals surface area contributed by atoms with Crippen LogP contribution in [-0.4, -0.2) is 29.1 Å². The number of benzene rings is 1. The number of carbonyl (C=O) groups excluding carboxylic acids is 1. The van der Waals surface area contributed by atoms with Gasteiger partial charge in [-0.25, -0.2) is 9.78 Å². The first-order chi connectivity index (χ1) is 10.0. The second-order valence-corrected chi connectivity index (χ2v) is 4.44. The molecular weight excluding hydrogens is 296 g/mol. The molecule has 2 N–H and O–H groups in total. The first-order valence-electron chi connectivity index (χ1n) is 5.86. The molecule has 1 aromatic carbocycles. The maximum atomic E-state index is 12.3. The summed E-state index contributed by atoms with van der Waals surface area (Å²) in [4.78, 5) is 27.0. The maximum Gasteiger partial charge on any atom is 0.356 e. The van der Waals surface area contributed by atoms with Crippen molar-refractivity contribution in [1.82, 2.24) is 4.98 Å². The molecule has 0 atom stereocenters. The van der Waals surface area contributed by atoms with Crippen LogP contribution in [0, 0.1) is 0 Å². The van der Waals surface area contributed by atoms with Crippen LogP contribution in [0.5, 0.6) is 5.75 Å². The van der Waals surface area contributed by atoms with Crippen LogP contribution in [-0.2, 0) is 0 Å². The average molecular weight is 307 g/mol. The quantitative estimate of drug-likeness (QED) is 0.906. The fourth-order valence-electron chi connectivity index (χ4n) is 1.72. The van der Waals surface area contributed by atoms with Crippen LogP contribution in [0.15, 0.2) is 36.5 Å². The lowest BCUT2D eigenvalue weighted by Gasteiger charge is -2.10. The first-order valence-corrected chi connectivity index (χ1v) is 6.24. The lowest BCUT2D eigenvalue weighted by molar-refractivity contribution is 0.0692. The zero-order valence-electron chi connectivity index (χ0n) is 11.0. The Hall–Kier alpha value is -2.60. The Kier molecular flexibility index (Phi) is 4.39. The Labute approximate surface area is 125 Å².